The molecule has 3 heteroatoms. The predicted octanol–water partition coefficient (Wildman–Crippen LogP) is 3.76. The number of aryl methyl sites for hydroxylation is 1. The van der Waals surface area contributed by atoms with Crippen LogP contribution >= 0.6 is 0 Å². The summed E-state index contributed by atoms with van der Waals surface area (Å²) >= 11 is 0. The second-order valence-corrected chi connectivity index (χ2v) is 5.01. The Labute approximate surface area is 113 Å². The van der Waals surface area contributed by atoms with Gasteiger partial charge in [0.05, 0.1) is 0 Å². The van der Waals surface area contributed by atoms with Gasteiger partial charge in [0.25, 0.3) is 0 Å². The first-order valence-corrected chi connectivity index (χ1v) is 6.41. The van der Waals surface area contributed by atoms with Crippen molar-refractivity contribution < 1.29 is 4.39 Å². The topological polar surface area (TPSA) is 38.0 Å². The van der Waals surface area contributed by atoms with Crippen LogP contribution < -0.4 is 11.1 Å². The molecule has 0 saturated carbocycles. The van der Waals surface area contributed by atoms with Gasteiger partial charge >= 0.3 is 0 Å². The molecule has 0 spiro atoms. The first-order chi connectivity index (χ1) is 9.02. The highest BCUT2D eigenvalue weighted by molar-refractivity contribution is 5.57. The van der Waals surface area contributed by atoms with Crippen molar-refractivity contribution in [3.8, 4) is 0 Å². The fraction of sp³-hybridized carbons (Fsp3) is 0.250. The summed E-state index contributed by atoms with van der Waals surface area (Å²) in [5, 5.41) is 3.41. The van der Waals surface area contributed by atoms with Crippen molar-refractivity contribution in [2.24, 2.45) is 0 Å². The molecule has 0 fully saturated rings. The second-order valence-electron chi connectivity index (χ2n) is 5.01. The molecular weight excluding hydrogens is 239 g/mol. The van der Waals surface area contributed by atoms with E-state index >= 15 is 0 Å². The van der Waals surface area contributed by atoms with Crippen LogP contribution in [0.25, 0.3) is 0 Å². The molecule has 0 aromatic heterocycles. The average molecular weight is 258 g/mol. The number of hydrogen-bond acceptors (Lipinski definition) is 2. The lowest BCUT2D eigenvalue weighted by Crippen LogP contribution is -2.18. The lowest BCUT2D eigenvalue weighted by atomic mass is 10.1. The molecule has 0 bridgehead atoms. The van der Waals surface area contributed by atoms with E-state index in [-0.39, 0.29) is 11.9 Å². The van der Waals surface area contributed by atoms with Crippen LogP contribution in [-0.4, -0.2) is 6.04 Å². The monoisotopic (exact) mass is 258 g/mol. The zero-order valence-corrected chi connectivity index (χ0v) is 11.3. The Balaban J connectivity index is 2.00. The van der Waals surface area contributed by atoms with Gasteiger partial charge in [0.1, 0.15) is 5.82 Å². The van der Waals surface area contributed by atoms with Gasteiger partial charge in [-0.3, -0.25) is 0 Å². The van der Waals surface area contributed by atoms with Gasteiger partial charge in [-0.25, -0.2) is 4.39 Å². The summed E-state index contributed by atoms with van der Waals surface area (Å²) in [6.07, 6.45) is 0.841. The van der Waals surface area contributed by atoms with E-state index in [0.717, 1.165) is 28.9 Å². The van der Waals surface area contributed by atoms with Gasteiger partial charge in [0.2, 0.25) is 0 Å². The van der Waals surface area contributed by atoms with Crippen LogP contribution in [-0.2, 0) is 6.42 Å². The van der Waals surface area contributed by atoms with Crippen molar-refractivity contribution in [1.82, 2.24) is 0 Å². The molecule has 1 atom stereocenters. The molecule has 1 unspecified atom stereocenters. The Bertz CT molecular complexity index is 529. The molecule has 2 nitrogen and oxygen atoms in total. The maximum Gasteiger partial charge on any atom is 0.123 e. The van der Waals surface area contributed by atoms with E-state index in [1.165, 1.54) is 12.1 Å². The summed E-state index contributed by atoms with van der Waals surface area (Å²) in [7, 11) is 0. The molecule has 2 aromatic carbocycles. The zero-order chi connectivity index (χ0) is 13.8. The molecule has 0 amide bonds. The Morgan fingerprint density at radius 3 is 2.47 bits per heavy atom. The highest BCUT2D eigenvalue weighted by atomic mass is 19.1. The number of hydrogen-bond donors (Lipinski definition) is 2. The molecule has 0 radical (unpaired) electrons. The largest absolute Gasteiger partial charge is 0.399 e. The summed E-state index contributed by atoms with van der Waals surface area (Å²) in [4.78, 5) is 0. The highest BCUT2D eigenvalue weighted by Gasteiger charge is 2.05. The van der Waals surface area contributed by atoms with Crippen LogP contribution in [0.5, 0.6) is 0 Å². The molecule has 2 aromatic rings. The van der Waals surface area contributed by atoms with Gasteiger partial charge in [-0.05, 0) is 61.7 Å². The molecular formula is C16H19FN2. The van der Waals surface area contributed by atoms with E-state index in [4.69, 9.17) is 5.73 Å². The summed E-state index contributed by atoms with van der Waals surface area (Å²) in [5.41, 5.74) is 9.85. The quantitative estimate of drug-likeness (QED) is 0.819. The van der Waals surface area contributed by atoms with E-state index in [1.807, 2.05) is 31.2 Å². The van der Waals surface area contributed by atoms with E-state index in [2.05, 4.69) is 18.3 Å². The van der Waals surface area contributed by atoms with Gasteiger partial charge < -0.3 is 11.1 Å². The fourth-order valence-electron chi connectivity index (χ4n) is 2.21. The van der Waals surface area contributed by atoms with Crippen molar-refractivity contribution in [2.45, 2.75) is 26.3 Å². The Kier molecular flexibility index (Phi) is 4.05. The number of halogens is 1. The molecule has 0 aliphatic carbocycles. The van der Waals surface area contributed by atoms with Crippen LogP contribution in [0.15, 0.2) is 42.5 Å². The number of benzene rings is 2. The van der Waals surface area contributed by atoms with Gasteiger partial charge in [-0.2, -0.15) is 0 Å². The maximum atomic E-state index is 12.8. The fourth-order valence-corrected chi connectivity index (χ4v) is 2.21. The van der Waals surface area contributed by atoms with Gasteiger partial charge in [-0.15, -0.1) is 0 Å². The molecule has 19 heavy (non-hydrogen) atoms. The van der Waals surface area contributed by atoms with Crippen molar-refractivity contribution in [2.75, 3.05) is 11.1 Å². The third kappa shape index (κ3) is 3.98. The minimum atomic E-state index is -0.198. The molecule has 2 rings (SSSR count). The van der Waals surface area contributed by atoms with Crippen LogP contribution in [0, 0.1) is 12.7 Å². The van der Waals surface area contributed by atoms with Crippen LogP contribution in [0.3, 0.4) is 0 Å². The summed E-state index contributed by atoms with van der Waals surface area (Å²) < 4.78 is 12.8. The minimum absolute atomic E-state index is 0.198. The summed E-state index contributed by atoms with van der Waals surface area (Å²) in [6, 6.07) is 12.8. The van der Waals surface area contributed by atoms with Crippen molar-refractivity contribution in [3.05, 3.63) is 59.4 Å². The van der Waals surface area contributed by atoms with Gasteiger partial charge in [0, 0.05) is 17.4 Å². The lowest BCUT2D eigenvalue weighted by molar-refractivity contribution is 0.626. The number of nitrogens with two attached hydrogens (primary N) is 1. The third-order valence-electron chi connectivity index (χ3n) is 2.97. The Hall–Kier alpha value is -2.03. The van der Waals surface area contributed by atoms with Crippen LogP contribution in [0.1, 0.15) is 18.1 Å². The average Bonchev–Trinajstić information content (AvgIpc) is 2.30. The molecule has 0 aliphatic heterocycles. The zero-order valence-electron chi connectivity index (χ0n) is 11.3. The number of nitrogens with one attached hydrogen (secondary N) is 1. The number of nitrogen functional groups attached to an aromatic ring is 1. The first kappa shape index (κ1) is 13.4. The van der Waals surface area contributed by atoms with Crippen molar-refractivity contribution >= 4 is 11.4 Å². The second kappa shape index (κ2) is 5.74. The normalized spacial score (nSPS) is 12.2. The number of anilines is 2. The van der Waals surface area contributed by atoms with Crippen molar-refractivity contribution in [3.63, 3.8) is 0 Å². The Morgan fingerprint density at radius 1 is 1.16 bits per heavy atom. The molecule has 0 heterocycles. The van der Waals surface area contributed by atoms with E-state index in [1.54, 1.807) is 0 Å². The predicted molar refractivity (Wildman–Crippen MR) is 78.8 cm³/mol. The molecule has 0 aliphatic rings. The Morgan fingerprint density at radius 2 is 1.84 bits per heavy atom. The van der Waals surface area contributed by atoms with Gasteiger partial charge in [0.15, 0.2) is 0 Å². The van der Waals surface area contributed by atoms with E-state index in [9.17, 15) is 4.39 Å². The van der Waals surface area contributed by atoms with E-state index < -0.39 is 0 Å². The summed E-state index contributed by atoms with van der Waals surface area (Å²) in [5.74, 6) is -0.198. The third-order valence-corrected chi connectivity index (χ3v) is 2.97. The van der Waals surface area contributed by atoms with Crippen LogP contribution in [0.2, 0.25) is 0 Å². The molecule has 0 saturated heterocycles. The molecule has 100 valence electrons. The lowest BCUT2D eigenvalue weighted by Gasteiger charge is -2.16. The first-order valence-electron chi connectivity index (χ1n) is 6.41. The van der Waals surface area contributed by atoms with Gasteiger partial charge in [-0.1, -0.05) is 12.1 Å². The maximum absolute atomic E-state index is 12.8. The number of rotatable bonds is 4. The van der Waals surface area contributed by atoms with E-state index in [0.29, 0.717) is 0 Å². The SMILES string of the molecule is Cc1cc(N)cc(NC(C)Cc2ccc(F)cc2)c1. The minimum Gasteiger partial charge on any atom is -0.399 e. The highest BCUT2D eigenvalue weighted by Crippen LogP contribution is 2.17. The van der Waals surface area contributed by atoms with Crippen LogP contribution in [0.4, 0.5) is 15.8 Å². The van der Waals surface area contributed by atoms with Crippen molar-refractivity contribution in [1.29, 1.82) is 0 Å². The molecule has 3 N–H and O–H groups in total. The smallest absolute Gasteiger partial charge is 0.123 e. The standard InChI is InChI=1S/C16H19FN2/c1-11-7-15(18)10-16(8-11)19-12(2)9-13-3-5-14(17)6-4-13/h3-8,10,12,19H,9,18H2,1-2H3. The summed E-state index contributed by atoms with van der Waals surface area (Å²) in [6.45, 7) is 4.12.